The Morgan fingerprint density at radius 3 is 2.39 bits per heavy atom. The van der Waals surface area contributed by atoms with Gasteiger partial charge in [0.15, 0.2) is 0 Å². The van der Waals surface area contributed by atoms with E-state index in [4.69, 9.17) is 9.84 Å². The smallest absolute Gasteiger partial charge is 0.394 e. The number of alkyl halides is 3. The van der Waals surface area contributed by atoms with Crippen molar-refractivity contribution in [1.82, 2.24) is 9.13 Å². The lowest BCUT2D eigenvalue weighted by Crippen LogP contribution is -2.47. The van der Waals surface area contributed by atoms with Gasteiger partial charge in [-0.25, -0.2) is 4.79 Å². The van der Waals surface area contributed by atoms with Crippen LogP contribution >= 0.6 is 0 Å². The highest BCUT2D eigenvalue weighted by molar-refractivity contribution is 5.95. The number of aliphatic hydroxyl groups is 2. The molecule has 3 atom stereocenters. The predicted octanol–water partition coefficient (Wildman–Crippen LogP) is 0.358. The van der Waals surface area contributed by atoms with E-state index in [0.717, 1.165) is 0 Å². The van der Waals surface area contributed by atoms with Crippen molar-refractivity contribution < 1.29 is 32.9 Å². The van der Waals surface area contributed by atoms with Crippen LogP contribution in [0.5, 0.6) is 0 Å². The first-order chi connectivity index (χ1) is 13.1. The Hall–Kier alpha value is -2.76. The topological polar surface area (TPSA) is 111 Å². The number of aliphatic hydroxyl groups excluding tert-OH is 2. The maximum Gasteiger partial charge on any atom is 0.423 e. The highest BCUT2D eigenvalue weighted by atomic mass is 19.4. The summed E-state index contributed by atoms with van der Waals surface area (Å²) in [4.78, 5) is 37.5. The lowest BCUT2D eigenvalue weighted by molar-refractivity contribution is -0.139. The van der Waals surface area contributed by atoms with Gasteiger partial charge in [0.2, 0.25) is 0 Å². The predicted molar refractivity (Wildman–Crippen MR) is 87.8 cm³/mol. The fourth-order valence-corrected chi connectivity index (χ4v) is 2.91. The molecule has 28 heavy (non-hydrogen) atoms. The Kier molecular flexibility index (Phi) is 5.24. The number of nitrogens with zero attached hydrogens (tertiary/aromatic N) is 2. The molecular weight excluding hydrogens is 385 g/mol. The average Bonchev–Trinajstić information content (AvgIpc) is 3.02. The van der Waals surface area contributed by atoms with Crippen LogP contribution in [0.15, 0.2) is 46.1 Å². The van der Waals surface area contributed by atoms with E-state index in [0.29, 0.717) is 4.57 Å². The molecule has 2 heterocycles. The van der Waals surface area contributed by atoms with E-state index in [9.17, 15) is 32.7 Å². The van der Waals surface area contributed by atoms with Gasteiger partial charge in [-0.3, -0.25) is 14.2 Å². The largest absolute Gasteiger partial charge is 0.423 e. The quantitative estimate of drug-likeness (QED) is 0.770. The van der Waals surface area contributed by atoms with Gasteiger partial charge in [0.25, 0.3) is 11.5 Å². The third-order valence-corrected chi connectivity index (χ3v) is 4.34. The first-order valence-electron chi connectivity index (χ1n) is 8.14. The van der Waals surface area contributed by atoms with E-state index in [1.807, 2.05) is 0 Å². The van der Waals surface area contributed by atoms with Gasteiger partial charge in [0.05, 0.1) is 12.7 Å². The first kappa shape index (κ1) is 20.0. The lowest BCUT2D eigenvalue weighted by Gasteiger charge is -2.18. The Morgan fingerprint density at radius 2 is 1.86 bits per heavy atom. The lowest BCUT2D eigenvalue weighted by atomic mass is 10.2. The van der Waals surface area contributed by atoms with Crippen molar-refractivity contribution in [3.63, 3.8) is 0 Å². The number of carbonyl (C=O) groups excluding carboxylic acids is 1. The van der Waals surface area contributed by atoms with Crippen molar-refractivity contribution in [2.75, 3.05) is 6.61 Å². The average molecular weight is 400 g/mol. The van der Waals surface area contributed by atoms with Crippen molar-refractivity contribution in [2.24, 2.45) is 0 Å². The molecule has 1 aromatic carbocycles. The Labute approximate surface area is 155 Å². The van der Waals surface area contributed by atoms with Crippen LogP contribution in [0.1, 0.15) is 28.6 Å². The molecule has 150 valence electrons. The number of ether oxygens (including phenoxy) is 1. The van der Waals surface area contributed by atoms with Crippen LogP contribution in [0.3, 0.4) is 0 Å². The SMILES string of the molecule is O=C(c1ccccc1)n1c(=O)c(C(F)(F)F)cn([C@H]2C[C@H](O)[C@@H](CO)O2)c1=O. The zero-order chi connectivity index (χ0) is 20.6. The number of aromatic nitrogens is 2. The molecule has 2 N–H and O–H groups in total. The molecule has 2 aromatic rings. The summed E-state index contributed by atoms with van der Waals surface area (Å²) < 4.78 is 45.6. The number of carbonyl (C=O) groups is 1. The summed E-state index contributed by atoms with van der Waals surface area (Å²) in [5, 5.41) is 18.9. The molecule has 0 aliphatic carbocycles. The summed E-state index contributed by atoms with van der Waals surface area (Å²) in [5.74, 6) is -1.23. The summed E-state index contributed by atoms with van der Waals surface area (Å²) >= 11 is 0. The van der Waals surface area contributed by atoms with E-state index < -0.39 is 53.9 Å². The van der Waals surface area contributed by atoms with Crippen molar-refractivity contribution >= 4 is 5.91 Å². The number of hydrogen-bond acceptors (Lipinski definition) is 6. The zero-order valence-corrected chi connectivity index (χ0v) is 14.2. The Morgan fingerprint density at radius 1 is 1.21 bits per heavy atom. The second-order valence-corrected chi connectivity index (χ2v) is 6.16. The summed E-state index contributed by atoms with van der Waals surface area (Å²) in [6.07, 6.45) is -8.93. The van der Waals surface area contributed by atoms with E-state index in [1.54, 1.807) is 6.07 Å². The van der Waals surface area contributed by atoms with Gasteiger partial charge >= 0.3 is 11.9 Å². The number of halogens is 3. The zero-order valence-electron chi connectivity index (χ0n) is 14.2. The normalized spacial score (nSPS) is 22.4. The van der Waals surface area contributed by atoms with Gasteiger partial charge in [-0.2, -0.15) is 17.7 Å². The third kappa shape index (κ3) is 3.51. The minimum Gasteiger partial charge on any atom is -0.394 e. The molecule has 1 aliphatic heterocycles. The second kappa shape index (κ2) is 7.34. The van der Waals surface area contributed by atoms with Crippen LogP contribution in [0.4, 0.5) is 13.2 Å². The van der Waals surface area contributed by atoms with Gasteiger partial charge in [0.1, 0.15) is 17.9 Å². The van der Waals surface area contributed by atoms with Gasteiger partial charge in [0, 0.05) is 18.2 Å². The maximum atomic E-state index is 13.3. The van der Waals surface area contributed by atoms with Crippen LogP contribution in [0.25, 0.3) is 0 Å². The number of rotatable bonds is 3. The fraction of sp³-hybridized carbons (Fsp3) is 0.353. The fourth-order valence-electron chi connectivity index (χ4n) is 2.91. The Bertz CT molecular complexity index is 999. The van der Waals surface area contributed by atoms with Gasteiger partial charge in [-0.15, -0.1) is 0 Å². The first-order valence-corrected chi connectivity index (χ1v) is 8.14. The molecule has 8 nitrogen and oxygen atoms in total. The number of hydrogen-bond donors (Lipinski definition) is 2. The highest BCUT2D eigenvalue weighted by Gasteiger charge is 2.40. The Balaban J connectivity index is 2.21. The maximum absolute atomic E-state index is 13.3. The van der Waals surface area contributed by atoms with Crippen molar-refractivity contribution in [1.29, 1.82) is 0 Å². The molecule has 0 bridgehead atoms. The summed E-state index contributed by atoms with van der Waals surface area (Å²) in [6, 6.07) is 6.89. The van der Waals surface area contributed by atoms with E-state index in [-0.39, 0.29) is 22.7 Å². The standard InChI is InChI=1S/C17H15F3N2O6/c18-17(19,20)10-7-21(13-6-11(24)12(8-23)28-13)16(27)22(15(10)26)14(25)9-4-2-1-3-5-9/h1-5,7,11-13,23-24H,6,8H2/t11-,12+,13+/m0/s1. The van der Waals surface area contributed by atoms with Crippen LogP contribution in [-0.4, -0.2) is 44.1 Å². The van der Waals surface area contributed by atoms with Crippen LogP contribution in [-0.2, 0) is 10.9 Å². The third-order valence-electron chi connectivity index (χ3n) is 4.34. The monoisotopic (exact) mass is 400 g/mol. The second-order valence-electron chi connectivity index (χ2n) is 6.16. The van der Waals surface area contributed by atoms with Crippen LogP contribution in [0, 0.1) is 0 Å². The minimum atomic E-state index is -5.14. The van der Waals surface area contributed by atoms with Gasteiger partial charge < -0.3 is 14.9 Å². The molecule has 0 unspecified atom stereocenters. The van der Waals surface area contributed by atoms with Gasteiger partial charge in [-0.05, 0) is 12.1 Å². The van der Waals surface area contributed by atoms with Crippen molar-refractivity contribution in [3.8, 4) is 0 Å². The molecule has 0 saturated carbocycles. The van der Waals surface area contributed by atoms with Gasteiger partial charge in [-0.1, -0.05) is 18.2 Å². The molecule has 0 amide bonds. The van der Waals surface area contributed by atoms with E-state index >= 15 is 0 Å². The molecule has 11 heteroatoms. The molecule has 3 rings (SSSR count). The molecule has 1 fully saturated rings. The number of benzene rings is 1. The summed E-state index contributed by atoms with van der Waals surface area (Å²) in [5.41, 5.74) is -5.04. The molecule has 1 saturated heterocycles. The van der Waals surface area contributed by atoms with E-state index in [2.05, 4.69) is 0 Å². The summed E-state index contributed by atoms with van der Waals surface area (Å²) in [7, 11) is 0. The van der Waals surface area contributed by atoms with Crippen LogP contribution < -0.4 is 11.2 Å². The molecule has 0 radical (unpaired) electrons. The van der Waals surface area contributed by atoms with E-state index in [1.165, 1.54) is 24.3 Å². The molecular formula is C17H15F3N2O6. The molecule has 0 spiro atoms. The van der Waals surface area contributed by atoms with Crippen LogP contribution in [0.2, 0.25) is 0 Å². The minimum absolute atomic E-state index is 0.111. The molecule has 1 aromatic heterocycles. The molecule has 1 aliphatic rings. The highest BCUT2D eigenvalue weighted by Crippen LogP contribution is 2.30. The van der Waals surface area contributed by atoms with Crippen molar-refractivity contribution in [3.05, 3.63) is 68.5 Å². The van der Waals surface area contributed by atoms with Crippen molar-refractivity contribution in [2.45, 2.75) is 31.0 Å². The summed E-state index contributed by atoms with van der Waals surface area (Å²) in [6.45, 7) is -0.624.